The van der Waals surface area contributed by atoms with Gasteiger partial charge in [0.1, 0.15) is 18.1 Å². The highest BCUT2D eigenvalue weighted by Gasteiger charge is 2.32. The van der Waals surface area contributed by atoms with E-state index in [0.717, 1.165) is 0 Å². The number of carboxylic acid groups (broad SMARTS) is 2. The van der Waals surface area contributed by atoms with Gasteiger partial charge in [-0.05, 0) is 37.0 Å². The maximum absolute atomic E-state index is 13.0. The summed E-state index contributed by atoms with van der Waals surface area (Å²) in [5, 5.41) is 25.8. The summed E-state index contributed by atoms with van der Waals surface area (Å²) in [6, 6.07) is -4.19. The molecule has 0 rings (SSSR count). The van der Waals surface area contributed by atoms with Crippen LogP contribution in [0.5, 0.6) is 0 Å². The molecular weight excluding hydrogens is 432 g/mol. The fourth-order valence-corrected chi connectivity index (χ4v) is 3.13. The van der Waals surface area contributed by atoms with E-state index < -0.39 is 53.8 Å². The summed E-state index contributed by atoms with van der Waals surface area (Å²) in [5.74, 6) is -4.43. The molecule has 33 heavy (non-hydrogen) atoms. The fourth-order valence-electron chi connectivity index (χ4n) is 3.13. The van der Waals surface area contributed by atoms with Crippen LogP contribution in [0.4, 0.5) is 0 Å². The highest BCUT2D eigenvalue weighted by Crippen LogP contribution is 2.10. The molecule has 190 valence electrons. The lowest BCUT2D eigenvalue weighted by molar-refractivity contribution is -0.143. The number of amides is 3. The van der Waals surface area contributed by atoms with E-state index in [1.807, 2.05) is 27.7 Å². The monoisotopic (exact) mass is 472 g/mol. The Bertz CT molecular complexity index is 694. The van der Waals surface area contributed by atoms with Crippen LogP contribution in [0, 0.1) is 17.8 Å². The molecule has 0 aliphatic heterocycles. The van der Waals surface area contributed by atoms with E-state index in [4.69, 9.17) is 10.8 Å². The molecule has 0 bridgehead atoms. The van der Waals surface area contributed by atoms with Gasteiger partial charge in [-0.15, -0.1) is 0 Å². The molecule has 7 N–H and O–H groups in total. The summed E-state index contributed by atoms with van der Waals surface area (Å²) in [6.07, 6.45) is 0.133. The second-order valence-electron chi connectivity index (χ2n) is 9.49. The maximum atomic E-state index is 13.0. The third-order valence-electron chi connectivity index (χ3n) is 4.91. The molecule has 3 amide bonds. The Hall–Kier alpha value is -2.69. The lowest BCUT2D eigenvalue weighted by atomic mass is 9.98. The van der Waals surface area contributed by atoms with Crippen LogP contribution >= 0.6 is 0 Å². The lowest BCUT2D eigenvalue weighted by Gasteiger charge is -2.28. The third kappa shape index (κ3) is 12.2. The first-order chi connectivity index (χ1) is 15.1. The number of nitrogens with two attached hydrogens (primary N) is 1. The minimum atomic E-state index is -1.16. The minimum absolute atomic E-state index is 0.0186. The molecular formula is C22H40N4O7. The zero-order valence-corrected chi connectivity index (χ0v) is 20.4. The first-order valence-electron chi connectivity index (χ1n) is 11.3. The summed E-state index contributed by atoms with van der Waals surface area (Å²) < 4.78 is 0. The van der Waals surface area contributed by atoms with Crippen LogP contribution in [0.25, 0.3) is 0 Å². The van der Waals surface area contributed by atoms with Crippen molar-refractivity contribution in [1.29, 1.82) is 0 Å². The van der Waals surface area contributed by atoms with Crippen LogP contribution < -0.4 is 21.7 Å². The van der Waals surface area contributed by atoms with Crippen LogP contribution in [0.1, 0.15) is 67.2 Å². The van der Waals surface area contributed by atoms with Gasteiger partial charge < -0.3 is 31.9 Å². The summed E-state index contributed by atoms with van der Waals surface area (Å²) in [4.78, 5) is 60.3. The summed E-state index contributed by atoms with van der Waals surface area (Å²) in [5.41, 5.74) is 5.74. The lowest BCUT2D eigenvalue weighted by Crippen LogP contribution is -2.58. The molecule has 4 atom stereocenters. The average molecular weight is 473 g/mol. The average Bonchev–Trinajstić information content (AvgIpc) is 2.67. The summed E-state index contributed by atoms with van der Waals surface area (Å²) in [6.45, 7) is 10.8. The SMILES string of the molecule is CC(C)C[C@H](NC(=O)[C@@H](NC(=O)[C@H](CC(C)C)NC(=O)[C@@H](N)CCC(=O)O)C(C)C)C(=O)O. The zero-order valence-electron chi connectivity index (χ0n) is 20.4. The molecule has 0 aliphatic carbocycles. The normalized spacial score (nSPS) is 15.0. The molecule has 11 nitrogen and oxygen atoms in total. The number of rotatable bonds is 15. The fraction of sp³-hybridized carbons (Fsp3) is 0.773. The molecule has 0 saturated carbocycles. The highest BCUT2D eigenvalue weighted by atomic mass is 16.4. The molecule has 0 aliphatic rings. The Kier molecular flexibility index (Phi) is 13.3. The number of aliphatic carboxylic acids is 2. The predicted molar refractivity (Wildman–Crippen MR) is 122 cm³/mol. The van der Waals surface area contributed by atoms with Gasteiger partial charge in [0.15, 0.2) is 0 Å². The number of carboxylic acids is 2. The Morgan fingerprint density at radius 2 is 1.21 bits per heavy atom. The second-order valence-corrected chi connectivity index (χ2v) is 9.49. The summed E-state index contributed by atoms with van der Waals surface area (Å²) >= 11 is 0. The topological polar surface area (TPSA) is 188 Å². The number of hydrogen-bond acceptors (Lipinski definition) is 6. The Morgan fingerprint density at radius 3 is 1.64 bits per heavy atom. The molecule has 0 aromatic rings. The van der Waals surface area contributed by atoms with Crippen molar-refractivity contribution in [2.75, 3.05) is 0 Å². The van der Waals surface area contributed by atoms with Gasteiger partial charge in [-0.1, -0.05) is 41.5 Å². The number of nitrogens with one attached hydrogen (secondary N) is 3. The van der Waals surface area contributed by atoms with Gasteiger partial charge in [0.05, 0.1) is 6.04 Å². The summed E-state index contributed by atoms with van der Waals surface area (Å²) in [7, 11) is 0. The predicted octanol–water partition coefficient (Wildman–Crippen LogP) is 0.466. The molecule has 0 saturated heterocycles. The van der Waals surface area contributed by atoms with Crippen LogP contribution in [-0.2, 0) is 24.0 Å². The highest BCUT2D eigenvalue weighted by molar-refractivity contribution is 5.94. The van der Waals surface area contributed by atoms with Crippen molar-refractivity contribution in [3.8, 4) is 0 Å². The molecule has 0 aromatic carbocycles. The Labute approximate surface area is 195 Å². The third-order valence-corrected chi connectivity index (χ3v) is 4.91. The van der Waals surface area contributed by atoms with Gasteiger partial charge in [0.25, 0.3) is 0 Å². The largest absolute Gasteiger partial charge is 0.481 e. The van der Waals surface area contributed by atoms with Crippen molar-refractivity contribution in [2.24, 2.45) is 23.5 Å². The van der Waals surface area contributed by atoms with Crippen LogP contribution in [-0.4, -0.2) is 64.0 Å². The number of carbonyl (C=O) groups is 5. The van der Waals surface area contributed by atoms with Gasteiger partial charge in [-0.2, -0.15) is 0 Å². The van der Waals surface area contributed by atoms with E-state index in [0.29, 0.717) is 0 Å². The first-order valence-corrected chi connectivity index (χ1v) is 11.3. The minimum Gasteiger partial charge on any atom is -0.481 e. The maximum Gasteiger partial charge on any atom is 0.326 e. The molecule has 0 fully saturated rings. The van der Waals surface area contributed by atoms with Gasteiger partial charge in [0, 0.05) is 6.42 Å². The van der Waals surface area contributed by atoms with Gasteiger partial charge in [-0.3, -0.25) is 19.2 Å². The Morgan fingerprint density at radius 1 is 0.727 bits per heavy atom. The first kappa shape index (κ1) is 30.3. The molecule has 0 spiro atoms. The van der Waals surface area contributed by atoms with E-state index >= 15 is 0 Å². The van der Waals surface area contributed by atoms with Gasteiger partial charge in [0.2, 0.25) is 17.7 Å². The quantitative estimate of drug-likeness (QED) is 0.198. The second kappa shape index (κ2) is 14.5. The van der Waals surface area contributed by atoms with Crippen molar-refractivity contribution >= 4 is 29.7 Å². The zero-order chi connectivity index (χ0) is 25.9. The van der Waals surface area contributed by atoms with Crippen LogP contribution in [0.15, 0.2) is 0 Å². The number of carbonyl (C=O) groups excluding carboxylic acids is 3. The van der Waals surface area contributed by atoms with Crippen molar-refractivity contribution in [2.45, 2.75) is 91.4 Å². The smallest absolute Gasteiger partial charge is 0.326 e. The Balaban J connectivity index is 5.40. The molecule has 0 heterocycles. The molecule has 11 heteroatoms. The van der Waals surface area contributed by atoms with Gasteiger partial charge in [-0.25, -0.2) is 4.79 Å². The van der Waals surface area contributed by atoms with E-state index in [2.05, 4.69) is 16.0 Å². The number of hydrogen-bond donors (Lipinski definition) is 6. The molecule has 0 radical (unpaired) electrons. The van der Waals surface area contributed by atoms with Crippen molar-refractivity contribution in [3.63, 3.8) is 0 Å². The van der Waals surface area contributed by atoms with E-state index in [1.165, 1.54) is 0 Å². The standard InChI is InChI=1S/C22H40N4O7/c1-11(2)9-15(24-19(29)14(23)7-8-17(27)28)20(30)26-18(13(5)6)21(31)25-16(22(32)33)10-12(3)4/h11-16,18H,7-10,23H2,1-6H3,(H,24,29)(H,25,31)(H,26,30)(H,27,28)(H,32,33)/t14-,15-,16-,18-/m0/s1. The van der Waals surface area contributed by atoms with E-state index in [-0.39, 0.29) is 43.4 Å². The van der Waals surface area contributed by atoms with Crippen molar-refractivity contribution in [3.05, 3.63) is 0 Å². The molecule has 0 aromatic heterocycles. The van der Waals surface area contributed by atoms with Crippen LogP contribution in [0.3, 0.4) is 0 Å². The van der Waals surface area contributed by atoms with E-state index in [1.54, 1.807) is 13.8 Å². The molecule has 0 unspecified atom stereocenters. The van der Waals surface area contributed by atoms with Crippen molar-refractivity contribution in [1.82, 2.24) is 16.0 Å². The van der Waals surface area contributed by atoms with Crippen molar-refractivity contribution < 1.29 is 34.2 Å². The van der Waals surface area contributed by atoms with E-state index in [9.17, 15) is 29.1 Å². The van der Waals surface area contributed by atoms with Gasteiger partial charge >= 0.3 is 11.9 Å². The van der Waals surface area contributed by atoms with Crippen LogP contribution in [0.2, 0.25) is 0 Å².